The second-order valence-electron chi connectivity index (χ2n) is 3.52. The van der Waals surface area contributed by atoms with E-state index in [0.717, 1.165) is 31.4 Å². The highest BCUT2D eigenvalue weighted by atomic mass is 16.1. The molecule has 0 heterocycles. The summed E-state index contributed by atoms with van der Waals surface area (Å²) in [5.41, 5.74) is 0.815. The monoisotopic (exact) mass is 203 g/mol. The molecule has 1 rings (SSSR count). The van der Waals surface area contributed by atoms with Gasteiger partial charge in [-0.05, 0) is 26.0 Å². The first-order valence-corrected chi connectivity index (χ1v) is 5.33. The van der Waals surface area contributed by atoms with E-state index in [4.69, 9.17) is 0 Å². The normalized spacial score (nSPS) is 14.5. The van der Waals surface area contributed by atoms with Crippen molar-refractivity contribution in [3.8, 4) is 0 Å². The van der Waals surface area contributed by atoms with Crippen molar-refractivity contribution in [2.45, 2.75) is 25.7 Å². The Morgan fingerprint density at radius 2 is 2.27 bits per heavy atom. The molecule has 0 saturated heterocycles. The smallest absolute Gasteiger partial charge is 0.162 e. The van der Waals surface area contributed by atoms with Crippen molar-refractivity contribution in [3.63, 3.8) is 0 Å². The second-order valence-corrected chi connectivity index (χ2v) is 3.52. The van der Waals surface area contributed by atoms with Crippen LogP contribution in [0.2, 0.25) is 0 Å². The van der Waals surface area contributed by atoms with E-state index >= 15 is 0 Å². The molecular formula is C13H17NO. The average Bonchev–Trinajstić information content (AvgIpc) is 2.52. The summed E-state index contributed by atoms with van der Waals surface area (Å²) in [5.74, 6) is 0.224. The average molecular weight is 203 g/mol. The minimum Gasteiger partial charge on any atom is -0.301 e. The van der Waals surface area contributed by atoms with Crippen LogP contribution in [0.25, 0.3) is 0 Å². The Bertz CT molecular complexity index is 310. The fraction of sp³-hybridized carbons (Fsp3) is 0.385. The summed E-state index contributed by atoms with van der Waals surface area (Å²) >= 11 is 0. The molecule has 0 spiro atoms. The van der Waals surface area contributed by atoms with Gasteiger partial charge in [0.05, 0.1) is 0 Å². The first kappa shape index (κ1) is 11.6. The van der Waals surface area contributed by atoms with Crippen LogP contribution in [-0.2, 0) is 4.79 Å². The molecule has 0 aromatic heterocycles. The van der Waals surface area contributed by atoms with Gasteiger partial charge in [-0.1, -0.05) is 30.4 Å². The number of carbonyl (C=O) groups excluding carboxylic acids is 1. The third-order valence-corrected chi connectivity index (χ3v) is 2.27. The van der Waals surface area contributed by atoms with E-state index in [9.17, 15) is 4.79 Å². The standard InChI is InChI=1S/C13H17NO/c1-14-11-7-6-10-13(15)12-8-4-2-3-5-9-12/h2,4-5,8-9H,1,3,6-7,10-11H2. The maximum absolute atomic E-state index is 11.7. The molecule has 0 aromatic rings. The maximum atomic E-state index is 11.7. The summed E-state index contributed by atoms with van der Waals surface area (Å²) in [6.45, 7) is 4.17. The molecule has 0 amide bonds. The zero-order valence-electron chi connectivity index (χ0n) is 8.98. The van der Waals surface area contributed by atoms with Gasteiger partial charge in [0.25, 0.3) is 0 Å². The van der Waals surface area contributed by atoms with Crippen LogP contribution in [0, 0.1) is 0 Å². The second kappa shape index (κ2) is 6.93. The number of unbranched alkanes of at least 4 members (excludes halogenated alkanes) is 1. The Hall–Kier alpha value is -1.44. The number of nitrogens with zero attached hydrogens (tertiary/aromatic N) is 1. The van der Waals surface area contributed by atoms with Gasteiger partial charge in [0.2, 0.25) is 0 Å². The Labute approximate surface area is 91.1 Å². The molecule has 0 radical (unpaired) electrons. The highest BCUT2D eigenvalue weighted by molar-refractivity contribution is 5.98. The van der Waals surface area contributed by atoms with Crippen LogP contribution in [0.15, 0.2) is 40.9 Å². The fourth-order valence-electron chi connectivity index (χ4n) is 1.42. The Balaban J connectivity index is 2.36. The summed E-state index contributed by atoms with van der Waals surface area (Å²) in [6, 6.07) is 0. The zero-order chi connectivity index (χ0) is 10.9. The molecule has 1 aliphatic rings. The van der Waals surface area contributed by atoms with Gasteiger partial charge in [-0.25, -0.2) is 0 Å². The molecule has 0 aliphatic heterocycles. The lowest BCUT2D eigenvalue weighted by atomic mass is 10.1. The quantitative estimate of drug-likeness (QED) is 0.482. The highest BCUT2D eigenvalue weighted by Crippen LogP contribution is 2.10. The van der Waals surface area contributed by atoms with Gasteiger partial charge >= 0.3 is 0 Å². The van der Waals surface area contributed by atoms with Crippen LogP contribution in [-0.4, -0.2) is 19.0 Å². The van der Waals surface area contributed by atoms with Crippen molar-refractivity contribution in [2.24, 2.45) is 4.99 Å². The topological polar surface area (TPSA) is 29.4 Å². The van der Waals surface area contributed by atoms with Crippen molar-refractivity contribution in [1.29, 1.82) is 0 Å². The third kappa shape index (κ3) is 4.54. The predicted molar refractivity (Wildman–Crippen MR) is 64.3 cm³/mol. The summed E-state index contributed by atoms with van der Waals surface area (Å²) in [5, 5.41) is 0. The van der Waals surface area contributed by atoms with Crippen LogP contribution in [0.3, 0.4) is 0 Å². The van der Waals surface area contributed by atoms with E-state index in [1.165, 1.54) is 0 Å². The number of ketones is 1. The molecular weight excluding hydrogens is 186 g/mol. The predicted octanol–water partition coefficient (Wildman–Crippen LogP) is 2.87. The number of hydrogen-bond acceptors (Lipinski definition) is 2. The number of hydrogen-bond donors (Lipinski definition) is 0. The lowest BCUT2D eigenvalue weighted by Gasteiger charge is -1.99. The summed E-state index contributed by atoms with van der Waals surface area (Å²) in [7, 11) is 0. The van der Waals surface area contributed by atoms with E-state index in [0.29, 0.717) is 6.42 Å². The Morgan fingerprint density at radius 3 is 3.07 bits per heavy atom. The largest absolute Gasteiger partial charge is 0.301 e. The minimum atomic E-state index is 0.224. The zero-order valence-corrected chi connectivity index (χ0v) is 8.98. The lowest BCUT2D eigenvalue weighted by molar-refractivity contribution is -0.115. The molecule has 0 fully saturated rings. The van der Waals surface area contributed by atoms with Crippen molar-refractivity contribution in [1.82, 2.24) is 0 Å². The molecule has 0 N–H and O–H groups in total. The van der Waals surface area contributed by atoms with E-state index in [-0.39, 0.29) is 5.78 Å². The number of aliphatic imine (C=N–C) groups is 1. The first-order valence-electron chi connectivity index (χ1n) is 5.33. The van der Waals surface area contributed by atoms with Gasteiger partial charge in [0.1, 0.15) is 0 Å². The van der Waals surface area contributed by atoms with E-state index in [2.05, 4.69) is 11.7 Å². The molecule has 0 bridgehead atoms. The van der Waals surface area contributed by atoms with Crippen molar-refractivity contribution in [3.05, 3.63) is 36.0 Å². The van der Waals surface area contributed by atoms with Crippen LogP contribution >= 0.6 is 0 Å². The summed E-state index contributed by atoms with van der Waals surface area (Å²) in [6.07, 6.45) is 13.2. The third-order valence-electron chi connectivity index (χ3n) is 2.27. The van der Waals surface area contributed by atoms with Gasteiger partial charge < -0.3 is 4.99 Å². The molecule has 0 saturated carbocycles. The summed E-state index contributed by atoms with van der Waals surface area (Å²) in [4.78, 5) is 15.5. The van der Waals surface area contributed by atoms with Crippen LogP contribution < -0.4 is 0 Å². The first-order chi connectivity index (χ1) is 7.34. The summed E-state index contributed by atoms with van der Waals surface area (Å²) < 4.78 is 0. The van der Waals surface area contributed by atoms with Crippen LogP contribution in [0.1, 0.15) is 25.7 Å². The number of carbonyl (C=O) groups is 1. The molecule has 0 atom stereocenters. The molecule has 0 aromatic carbocycles. The molecule has 2 heteroatoms. The van der Waals surface area contributed by atoms with Gasteiger partial charge in [-0.2, -0.15) is 0 Å². The van der Waals surface area contributed by atoms with Crippen LogP contribution in [0.5, 0.6) is 0 Å². The van der Waals surface area contributed by atoms with Crippen molar-refractivity contribution in [2.75, 3.05) is 6.54 Å². The van der Waals surface area contributed by atoms with E-state index in [1.807, 2.05) is 30.4 Å². The lowest BCUT2D eigenvalue weighted by Crippen LogP contribution is -2.00. The number of Topliss-reactive ketones (excluding diaryl/α,β-unsaturated/α-hetero) is 1. The molecule has 1 aliphatic carbocycles. The Morgan fingerprint density at radius 1 is 1.40 bits per heavy atom. The highest BCUT2D eigenvalue weighted by Gasteiger charge is 2.05. The molecule has 2 nitrogen and oxygen atoms in total. The van der Waals surface area contributed by atoms with Gasteiger partial charge in [0, 0.05) is 18.5 Å². The Kier molecular flexibility index (Phi) is 5.38. The number of allylic oxidation sites excluding steroid dienone is 6. The van der Waals surface area contributed by atoms with Gasteiger partial charge in [0.15, 0.2) is 5.78 Å². The SMILES string of the molecule is C=NCCCCC(=O)C1=CC=CCC=C1. The fourth-order valence-corrected chi connectivity index (χ4v) is 1.42. The van der Waals surface area contributed by atoms with Crippen molar-refractivity contribution >= 4 is 12.5 Å². The van der Waals surface area contributed by atoms with E-state index in [1.54, 1.807) is 0 Å². The minimum absolute atomic E-state index is 0.224. The molecule has 0 unspecified atom stereocenters. The van der Waals surface area contributed by atoms with Crippen molar-refractivity contribution < 1.29 is 4.79 Å². The van der Waals surface area contributed by atoms with Crippen LogP contribution in [0.4, 0.5) is 0 Å². The molecule has 15 heavy (non-hydrogen) atoms. The molecule has 80 valence electrons. The van der Waals surface area contributed by atoms with Gasteiger partial charge in [-0.3, -0.25) is 4.79 Å². The van der Waals surface area contributed by atoms with Gasteiger partial charge in [-0.15, -0.1) is 0 Å². The number of rotatable bonds is 6. The maximum Gasteiger partial charge on any atom is 0.162 e. The van der Waals surface area contributed by atoms with E-state index < -0.39 is 0 Å².